The third kappa shape index (κ3) is 13.5. The van der Waals surface area contributed by atoms with E-state index in [1.54, 1.807) is 12.2 Å². The summed E-state index contributed by atoms with van der Waals surface area (Å²) < 4.78 is 11.0. The lowest BCUT2D eigenvalue weighted by atomic mass is 10.1. The predicted molar refractivity (Wildman–Crippen MR) is 84.7 cm³/mol. The fraction of sp³-hybridized carbons (Fsp3) is 0.667. The Morgan fingerprint density at radius 1 is 1.40 bits per heavy atom. The van der Waals surface area contributed by atoms with Gasteiger partial charge in [-0.2, -0.15) is 0 Å². The molecule has 0 aliphatic heterocycles. The molecule has 0 saturated heterocycles. The third-order valence-corrected chi connectivity index (χ3v) is 4.45. The highest BCUT2D eigenvalue weighted by Gasteiger charge is 2.12. The molecule has 116 valence electrons. The number of hydrogen-bond donors (Lipinski definition) is 1. The Hall–Kier alpha value is -0.913. The van der Waals surface area contributed by atoms with E-state index in [1.165, 1.54) is 6.08 Å². The maximum atomic E-state index is 10.3. The van der Waals surface area contributed by atoms with Gasteiger partial charge < -0.3 is 14.6 Å². The van der Waals surface area contributed by atoms with E-state index in [0.717, 1.165) is 31.9 Å². The molecular weight excluding hydrogens is 272 g/mol. The van der Waals surface area contributed by atoms with E-state index >= 15 is 0 Å². The summed E-state index contributed by atoms with van der Waals surface area (Å²) in [6, 6.07) is 1.13. The van der Waals surface area contributed by atoms with Gasteiger partial charge in [0, 0.05) is 20.8 Å². The van der Waals surface area contributed by atoms with Gasteiger partial charge in [0.05, 0.1) is 6.10 Å². The number of carboxylic acids is 1. The van der Waals surface area contributed by atoms with Gasteiger partial charge in [-0.1, -0.05) is 31.8 Å². The van der Waals surface area contributed by atoms with E-state index in [-0.39, 0.29) is 6.10 Å². The monoisotopic (exact) mass is 300 g/mol. The van der Waals surface area contributed by atoms with Gasteiger partial charge in [-0.15, -0.1) is 6.58 Å². The normalized spacial score (nSPS) is 13.6. The molecule has 0 rings (SSSR count). The fourth-order valence-corrected chi connectivity index (χ4v) is 2.22. The van der Waals surface area contributed by atoms with E-state index < -0.39 is 14.0 Å². The summed E-state index contributed by atoms with van der Waals surface area (Å²) in [7, 11) is -1.04. The fourth-order valence-electron chi connectivity index (χ4n) is 1.46. The maximum absolute atomic E-state index is 10.3. The van der Waals surface area contributed by atoms with Crippen LogP contribution >= 0.6 is 0 Å². The van der Waals surface area contributed by atoms with E-state index in [2.05, 4.69) is 26.2 Å². The van der Waals surface area contributed by atoms with Crippen LogP contribution in [0.1, 0.15) is 19.3 Å². The van der Waals surface area contributed by atoms with Crippen molar-refractivity contribution in [2.75, 3.05) is 13.4 Å². The summed E-state index contributed by atoms with van der Waals surface area (Å²) in [6.07, 6.45) is 7.00. The van der Waals surface area contributed by atoms with Crippen molar-refractivity contribution in [1.82, 2.24) is 0 Å². The van der Waals surface area contributed by atoms with Gasteiger partial charge in [0.1, 0.15) is 6.79 Å². The molecule has 0 fully saturated rings. The molecule has 5 heteroatoms. The number of ether oxygens (including phenoxy) is 2. The van der Waals surface area contributed by atoms with Crippen LogP contribution in [0, 0.1) is 0 Å². The lowest BCUT2D eigenvalue weighted by Crippen LogP contribution is -2.22. The van der Waals surface area contributed by atoms with E-state index in [9.17, 15) is 4.79 Å². The molecule has 0 amide bonds. The quantitative estimate of drug-likeness (QED) is 0.196. The Kier molecular flexibility index (Phi) is 10.3. The Morgan fingerprint density at radius 2 is 2.10 bits per heavy atom. The van der Waals surface area contributed by atoms with E-state index in [4.69, 9.17) is 14.6 Å². The van der Waals surface area contributed by atoms with Crippen LogP contribution in [0.4, 0.5) is 0 Å². The zero-order valence-electron chi connectivity index (χ0n) is 12.9. The van der Waals surface area contributed by atoms with Crippen molar-refractivity contribution in [3.63, 3.8) is 0 Å². The largest absolute Gasteiger partial charge is 0.478 e. The molecule has 20 heavy (non-hydrogen) atoms. The Morgan fingerprint density at radius 3 is 2.65 bits per heavy atom. The second kappa shape index (κ2) is 10.8. The highest BCUT2D eigenvalue weighted by Crippen LogP contribution is 2.09. The number of unbranched alkanes of at least 4 members (excludes halogenated alkanes) is 1. The van der Waals surface area contributed by atoms with Crippen LogP contribution in [0.5, 0.6) is 0 Å². The topological polar surface area (TPSA) is 55.8 Å². The van der Waals surface area contributed by atoms with Gasteiger partial charge in [-0.3, -0.25) is 0 Å². The highest BCUT2D eigenvalue weighted by molar-refractivity contribution is 6.76. The molecule has 0 aromatic carbocycles. The van der Waals surface area contributed by atoms with Gasteiger partial charge in [-0.05, 0) is 25.3 Å². The summed E-state index contributed by atoms with van der Waals surface area (Å²) in [5.74, 6) is -0.905. The molecule has 0 unspecified atom stereocenters. The smallest absolute Gasteiger partial charge is 0.327 e. The van der Waals surface area contributed by atoms with Crippen LogP contribution in [-0.4, -0.2) is 38.7 Å². The summed E-state index contributed by atoms with van der Waals surface area (Å²) in [4.78, 5) is 10.3. The lowest BCUT2D eigenvalue weighted by molar-refractivity contribution is -0.131. The second-order valence-corrected chi connectivity index (χ2v) is 11.6. The first-order chi connectivity index (χ1) is 9.35. The standard InChI is InChI=1S/C15H28O4Si/c1-5-14(9-7-6-8-10-15(16)17)19-13-18-11-12-20(2,3)4/h5,8,10,14H,1,6-7,9,11-13H2,2-4H3,(H,16,17)/b10-8+/t14-/m0/s1. The molecule has 0 heterocycles. The minimum absolute atomic E-state index is 0.0277. The Bertz CT molecular complexity index is 307. The van der Waals surface area contributed by atoms with Crippen molar-refractivity contribution < 1.29 is 19.4 Å². The summed E-state index contributed by atoms with van der Waals surface area (Å²) in [5.41, 5.74) is 0. The van der Waals surface area contributed by atoms with Crippen LogP contribution in [0.3, 0.4) is 0 Å². The summed E-state index contributed by atoms with van der Waals surface area (Å²) >= 11 is 0. The number of hydrogen-bond acceptors (Lipinski definition) is 3. The number of carboxylic acid groups (broad SMARTS) is 1. The molecule has 1 atom stereocenters. The highest BCUT2D eigenvalue weighted by atomic mass is 28.3. The van der Waals surface area contributed by atoms with Crippen molar-refractivity contribution in [1.29, 1.82) is 0 Å². The minimum Gasteiger partial charge on any atom is -0.478 e. The van der Waals surface area contributed by atoms with Gasteiger partial charge in [0.2, 0.25) is 0 Å². The van der Waals surface area contributed by atoms with Crippen molar-refractivity contribution >= 4 is 14.0 Å². The van der Waals surface area contributed by atoms with Crippen molar-refractivity contribution in [2.45, 2.75) is 51.1 Å². The van der Waals surface area contributed by atoms with Gasteiger partial charge in [-0.25, -0.2) is 4.79 Å². The molecule has 0 aromatic heterocycles. The molecule has 1 N–H and O–H groups in total. The molecule has 0 saturated carbocycles. The SMILES string of the molecule is C=C[C@@H](CCC/C=C/C(=O)O)OCOCC[Si](C)(C)C. The zero-order valence-corrected chi connectivity index (χ0v) is 13.9. The Labute approximate surface area is 123 Å². The third-order valence-electron chi connectivity index (χ3n) is 2.74. The number of aliphatic carboxylic acids is 1. The van der Waals surface area contributed by atoms with Gasteiger partial charge >= 0.3 is 5.97 Å². The number of rotatable bonds is 12. The van der Waals surface area contributed by atoms with Crippen LogP contribution < -0.4 is 0 Å². The van der Waals surface area contributed by atoms with Crippen LogP contribution in [0.15, 0.2) is 24.8 Å². The average molecular weight is 300 g/mol. The van der Waals surface area contributed by atoms with Crippen molar-refractivity contribution in [2.24, 2.45) is 0 Å². The molecule has 4 nitrogen and oxygen atoms in total. The van der Waals surface area contributed by atoms with Crippen LogP contribution in [0.25, 0.3) is 0 Å². The number of allylic oxidation sites excluding steroid dienone is 1. The average Bonchev–Trinajstić information content (AvgIpc) is 2.33. The first kappa shape index (κ1) is 19.1. The van der Waals surface area contributed by atoms with E-state index in [1.807, 2.05) is 0 Å². The molecule has 0 radical (unpaired) electrons. The molecule has 0 aliphatic carbocycles. The molecule has 0 aromatic rings. The lowest BCUT2D eigenvalue weighted by Gasteiger charge is -2.17. The Balaban J connectivity index is 3.62. The predicted octanol–water partition coefficient (Wildman–Crippen LogP) is 3.68. The van der Waals surface area contributed by atoms with Crippen LogP contribution in [-0.2, 0) is 14.3 Å². The zero-order chi connectivity index (χ0) is 15.4. The van der Waals surface area contributed by atoms with Gasteiger partial charge in [0.15, 0.2) is 0 Å². The minimum atomic E-state index is -1.04. The van der Waals surface area contributed by atoms with Crippen molar-refractivity contribution in [3.05, 3.63) is 24.8 Å². The maximum Gasteiger partial charge on any atom is 0.327 e. The first-order valence-corrected chi connectivity index (χ1v) is 10.8. The number of carbonyl (C=O) groups is 1. The molecule has 0 spiro atoms. The van der Waals surface area contributed by atoms with Crippen molar-refractivity contribution in [3.8, 4) is 0 Å². The van der Waals surface area contributed by atoms with Crippen LogP contribution in [0.2, 0.25) is 25.7 Å². The van der Waals surface area contributed by atoms with Gasteiger partial charge in [0.25, 0.3) is 0 Å². The molecule has 0 bridgehead atoms. The second-order valence-electron chi connectivity index (χ2n) is 5.95. The molecular formula is C15H28O4Si. The molecule has 0 aliphatic rings. The summed E-state index contributed by atoms with van der Waals surface area (Å²) in [5, 5.41) is 8.45. The first-order valence-electron chi connectivity index (χ1n) is 7.06. The summed E-state index contributed by atoms with van der Waals surface area (Å²) in [6.45, 7) is 11.7. The van der Waals surface area contributed by atoms with E-state index in [0.29, 0.717) is 6.79 Å².